The lowest BCUT2D eigenvalue weighted by molar-refractivity contribution is 0.303. The number of para-hydroxylation sites is 2. The van der Waals surface area contributed by atoms with Crippen molar-refractivity contribution in [2.75, 3.05) is 11.9 Å². The van der Waals surface area contributed by atoms with Crippen molar-refractivity contribution in [1.29, 1.82) is 0 Å². The molecule has 0 spiro atoms. The SMILES string of the molecule is c1ccc2[nH]c(NCCC3CCC3)nc2c1. The first-order chi connectivity index (χ1) is 7.92. The van der Waals surface area contributed by atoms with Crippen LogP contribution in [0.4, 0.5) is 5.95 Å². The van der Waals surface area contributed by atoms with E-state index in [2.05, 4.69) is 21.4 Å². The molecular formula is C13H17N3. The Labute approximate surface area is 95.3 Å². The lowest BCUT2D eigenvalue weighted by atomic mass is 9.83. The highest BCUT2D eigenvalue weighted by atomic mass is 15.1. The van der Waals surface area contributed by atoms with Gasteiger partial charge in [0.25, 0.3) is 0 Å². The molecule has 0 bridgehead atoms. The van der Waals surface area contributed by atoms with E-state index in [1.165, 1.54) is 25.7 Å². The Morgan fingerprint density at radius 2 is 2.19 bits per heavy atom. The summed E-state index contributed by atoms with van der Waals surface area (Å²) in [6, 6.07) is 8.13. The Balaban J connectivity index is 1.60. The summed E-state index contributed by atoms with van der Waals surface area (Å²) in [6.07, 6.45) is 5.54. The predicted molar refractivity (Wildman–Crippen MR) is 66.5 cm³/mol. The molecule has 0 unspecified atom stereocenters. The van der Waals surface area contributed by atoms with E-state index in [1.807, 2.05) is 18.2 Å². The first-order valence-electron chi connectivity index (χ1n) is 6.10. The molecule has 2 N–H and O–H groups in total. The molecule has 0 amide bonds. The van der Waals surface area contributed by atoms with Crippen LogP contribution in [0.3, 0.4) is 0 Å². The highest BCUT2D eigenvalue weighted by Crippen LogP contribution is 2.29. The molecule has 1 aromatic carbocycles. The van der Waals surface area contributed by atoms with Crippen LogP contribution in [0, 0.1) is 5.92 Å². The fourth-order valence-electron chi connectivity index (χ4n) is 2.21. The number of anilines is 1. The van der Waals surface area contributed by atoms with Gasteiger partial charge in [-0.25, -0.2) is 4.98 Å². The van der Waals surface area contributed by atoms with Crippen molar-refractivity contribution in [3.05, 3.63) is 24.3 Å². The number of aromatic nitrogens is 2. The topological polar surface area (TPSA) is 40.7 Å². The molecular weight excluding hydrogens is 198 g/mol. The molecule has 3 nitrogen and oxygen atoms in total. The average molecular weight is 215 g/mol. The van der Waals surface area contributed by atoms with Crippen LogP contribution < -0.4 is 5.32 Å². The average Bonchev–Trinajstić information content (AvgIpc) is 2.64. The smallest absolute Gasteiger partial charge is 0.201 e. The van der Waals surface area contributed by atoms with E-state index in [0.717, 1.165) is 29.4 Å². The van der Waals surface area contributed by atoms with E-state index in [0.29, 0.717) is 0 Å². The van der Waals surface area contributed by atoms with Crippen molar-refractivity contribution >= 4 is 17.0 Å². The van der Waals surface area contributed by atoms with Crippen molar-refractivity contribution in [3.8, 4) is 0 Å². The summed E-state index contributed by atoms with van der Waals surface area (Å²) in [5.74, 6) is 1.86. The number of hydrogen-bond acceptors (Lipinski definition) is 2. The molecule has 1 saturated carbocycles. The molecule has 1 fully saturated rings. The highest BCUT2D eigenvalue weighted by Gasteiger charge is 2.16. The molecule has 3 heteroatoms. The van der Waals surface area contributed by atoms with Crippen molar-refractivity contribution in [2.45, 2.75) is 25.7 Å². The van der Waals surface area contributed by atoms with E-state index in [9.17, 15) is 0 Å². The van der Waals surface area contributed by atoms with Crippen molar-refractivity contribution in [3.63, 3.8) is 0 Å². The van der Waals surface area contributed by atoms with Gasteiger partial charge in [-0.05, 0) is 24.5 Å². The van der Waals surface area contributed by atoms with Crippen LogP contribution in [-0.4, -0.2) is 16.5 Å². The second kappa shape index (κ2) is 4.16. The summed E-state index contributed by atoms with van der Waals surface area (Å²) in [5.41, 5.74) is 2.14. The number of fused-ring (bicyclic) bond motifs is 1. The molecule has 3 rings (SSSR count). The Bertz CT molecular complexity index is 438. The van der Waals surface area contributed by atoms with Crippen LogP contribution in [0.5, 0.6) is 0 Å². The third-order valence-electron chi connectivity index (χ3n) is 3.46. The van der Waals surface area contributed by atoms with Gasteiger partial charge >= 0.3 is 0 Å². The van der Waals surface area contributed by atoms with Gasteiger partial charge in [-0.15, -0.1) is 0 Å². The summed E-state index contributed by atoms with van der Waals surface area (Å²) < 4.78 is 0. The maximum atomic E-state index is 4.49. The molecule has 16 heavy (non-hydrogen) atoms. The van der Waals surface area contributed by atoms with Crippen LogP contribution in [0.15, 0.2) is 24.3 Å². The Morgan fingerprint density at radius 3 is 2.94 bits per heavy atom. The number of imidazole rings is 1. The van der Waals surface area contributed by atoms with Crippen LogP contribution in [0.25, 0.3) is 11.0 Å². The van der Waals surface area contributed by atoms with Crippen molar-refractivity contribution in [2.24, 2.45) is 5.92 Å². The molecule has 1 heterocycles. The summed E-state index contributed by atoms with van der Waals surface area (Å²) in [5, 5.41) is 3.37. The summed E-state index contributed by atoms with van der Waals surface area (Å²) >= 11 is 0. The molecule has 1 aromatic heterocycles. The molecule has 0 aliphatic heterocycles. The molecule has 0 saturated heterocycles. The number of nitrogens with zero attached hydrogens (tertiary/aromatic N) is 1. The fourth-order valence-corrected chi connectivity index (χ4v) is 2.21. The zero-order chi connectivity index (χ0) is 10.8. The van der Waals surface area contributed by atoms with Gasteiger partial charge in [-0.1, -0.05) is 31.4 Å². The zero-order valence-corrected chi connectivity index (χ0v) is 9.37. The van der Waals surface area contributed by atoms with Gasteiger partial charge in [0.15, 0.2) is 0 Å². The summed E-state index contributed by atoms with van der Waals surface area (Å²) in [7, 11) is 0. The van der Waals surface area contributed by atoms with Crippen LogP contribution in [-0.2, 0) is 0 Å². The Hall–Kier alpha value is -1.51. The van der Waals surface area contributed by atoms with Crippen LogP contribution in [0.2, 0.25) is 0 Å². The van der Waals surface area contributed by atoms with E-state index in [-0.39, 0.29) is 0 Å². The quantitative estimate of drug-likeness (QED) is 0.822. The third-order valence-corrected chi connectivity index (χ3v) is 3.46. The number of nitrogens with one attached hydrogen (secondary N) is 2. The van der Waals surface area contributed by atoms with Crippen LogP contribution >= 0.6 is 0 Å². The largest absolute Gasteiger partial charge is 0.356 e. The lowest BCUT2D eigenvalue weighted by Crippen LogP contribution is -2.15. The summed E-state index contributed by atoms with van der Waals surface area (Å²) in [6.45, 7) is 1.03. The van der Waals surface area contributed by atoms with Gasteiger partial charge in [0.05, 0.1) is 11.0 Å². The molecule has 1 aliphatic rings. The minimum atomic E-state index is 0.903. The number of aromatic amines is 1. The van der Waals surface area contributed by atoms with Crippen molar-refractivity contribution < 1.29 is 0 Å². The maximum Gasteiger partial charge on any atom is 0.201 e. The predicted octanol–water partition coefficient (Wildman–Crippen LogP) is 3.17. The fraction of sp³-hybridized carbons (Fsp3) is 0.462. The third kappa shape index (κ3) is 1.90. The maximum absolute atomic E-state index is 4.49. The minimum absolute atomic E-state index is 0.903. The number of H-pyrrole nitrogens is 1. The van der Waals surface area contributed by atoms with Gasteiger partial charge in [-0.3, -0.25) is 0 Å². The van der Waals surface area contributed by atoms with Gasteiger partial charge in [0.2, 0.25) is 5.95 Å². The standard InChI is InChI=1S/C13H17N3/c1-2-7-12-11(6-1)15-13(16-12)14-9-8-10-4-3-5-10/h1-2,6-7,10H,3-5,8-9H2,(H2,14,15,16). The van der Waals surface area contributed by atoms with Crippen LogP contribution in [0.1, 0.15) is 25.7 Å². The Kier molecular flexibility index (Phi) is 2.52. The monoisotopic (exact) mass is 215 g/mol. The van der Waals surface area contributed by atoms with E-state index in [4.69, 9.17) is 0 Å². The second-order valence-electron chi connectivity index (χ2n) is 4.61. The normalized spacial score (nSPS) is 16.2. The number of hydrogen-bond donors (Lipinski definition) is 2. The van der Waals surface area contributed by atoms with Gasteiger partial charge < -0.3 is 10.3 Å². The van der Waals surface area contributed by atoms with E-state index >= 15 is 0 Å². The van der Waals surface area contributed by atoms with E-state index < -0.39 is 0 Å². The molecule has 0 atom stereocenters. The Morgan fingerprint density at radius 1 is 1.31 bits per heavy atom. The van der Waals surface area contributed by atoms with Gasteiger partial charge in [-0.2, -0.15) is 0 Å². The highest BCUT2D eigenvalue weighted by molar-refractivity contribution is 5.77. The molecule has 0 radical (unpaired) electrons. The first kappa shape index (κ1) is 9.70. The molecule has 1 aliphatic carbocycles. The summed E-state index contributed by atoms with van der Waals surface area (Å²) in [4.78, 5) is 7.77. The minimum Gasteiger partial charge on any atom is -0.356 e. The molecule has 84 valence electrons. The van der Waals surface area contributed by atoms with Gasteiger partial charge in [0.1, 0.15) is 0 Å². The zero-order valence-electron chi connectivity index (χ0n) is 9.37. The van der Waals surface area contributed by atoms with E-state index in [1.54, 1.807) is 0 Å². The first-order valence-corrected chi connectivity index (χ1v) is 6.10. The number of rotatable bonds is 4. The number of benzene rings is 1. The van der Waals surface area contributed by atoms with Crippen molar-refractivity contribution in [1.82, 2.24) is 9.97 Å². The molecule has 2 aromatic rings. The van der Waals surface area contributed by atoms with Gasteiger partial charge in [0, 0.05) is 6.54 Å². The lowest BCUT2D eigenvalue weighted by Gasteiger charge is -2.24. The second-order valence-corrected chi connectivity index (χ2v) is 4.61.